The molecule has 2 atom stereocenters. The Morgan fingerprint density at radius 1 is 1.52 bits per heavy atom. The number of pyridine rings is 1. The van der Waals surface area contributed by atoms with Crippen molar-refractivity contribution in [3.63, 3.8) is 0 Å². The first-order chi connectivity index (χ1) is 9.82. The normalized spacial score (nSPS) is 21.3. The molecule has 0 aliphatic carbocycles. The lowest BCUT2D eigenvalue weighted by Crippen LogP contribution is -2.40. The van der Waals surface area contributed by atoms with E-state index in [0.29, 0.717) is 0 Å². The number of carboxylic acids is 1. The molecule has 10 heteroatoms. The Morgan fingerprint density at radius 2 is 2.19 bits per heavy atom. The van der Waals surface area contributed by atoms with Crippen LogP contribution < -0.4 is 0 Å². The van der Waals surface area contributed by atoms with Crippen LogP contribution in [0.15, 0.2) is 12.3 Å². The average Bonchev–Trinajstić information content (AvgIpc) is 2.79. The first kappa shape index (κ1) is 15.1. The first-order valence-corrected chi connectivity index (χ1v) is 6.21. The zero-order valence-corrected chi connectivity index (χ0v) is 11.2. The molecule has 1 aromatic heterocycles. The second kappa shape index (κ2) is 5.62. The van der Waals surface area contributed by atoms with E-state index in [1.165, 1.54) is 0 Å². The zero-order valence-electron chi connectivity index (χ0n) is 10.5. The fourth-order valence-corrected chi connectivity index (χ4v) is 2.43. The van der Waals surface area contributed by atoms with Gasteiger partial charge >= 0.3 is 11.7 Å². The number of aliphatic carboxylic acids is 1. The van der Waals surface area contributed by atoms with Gasteiger partial charge in [0.05, 0.1) is 11.0 Å². The van der Waals surface area contributed by atoms with E-state index in [1.807, 2.05) is 0 Å². The number of hydrogen-bond donors (Lipinski definition) is 2. The lowest BCUT2D eigenvalue weighted by Gasteiger charge is -2.21. The van der Waals surface area contributed by atoms with Gasteiger partial charge in [-0.1, -0.05) is 11.6 Å². The molecule has 1 fully saturated rings. The third kappa shape index (κ3) is 2.78. The van der Waals surface area contributed by atoms with E-state index in [-0.39, 0.29) is 18.5 Å². The maximum Gasteiger partial charge on any atom is 0.326 e. The average molecular weight is 316 g/mol. The van der Waals surface area contributed by atoms with Crippen LogP contribution in [0.25, 0.3) is 0 Å². The summed E-state index contributed by atoms with van der Waals surface area (Å²) in [5, 5.41) is 29.1. The molecule has 9 nitrogen and oxygen atoms in total. The monoisotopic (exact) mass is 315 g/mol. The van der Waals surface area contributed by atoms with Crippen LogP contribution in [-0.4, -0.2) is 55.6 Å². The van der Waals surface area contributed by atoms with Crippen LogP contribution in [0.1, 0.15) is 16.8 Å². The minimum absolute atomic E-state index is 0.131. The third-order valence-corrected chi connectivity index (χ3v) is 3.39. The van der Waals surface area contributed by atoms with E-state index in [1.54, 1.807) is 0 Å². The van der Waals surface area contributed by atoms with Crippen LogP contribution in [0.2, 0.25) is 5.15 Å². The third-order valence-electron chi connectivity index (χ3n) is 3.12. The predicted molar refractivity (Wildman–Crippen MR) is 69.0 cm³/mol. The number of β-amino-alcohol motifs (C(OH)–C–C–N with tert-alkyl or cyclic N) is 1. The number of aliphatic hydroxyl groups is 1. The molecule has 0 radical (unpaired) electrons. The van der Waals surface area contributed by atoms with E-state index < -0.39 is 39.8 Å². The van der Waals surface area contributed by atoms with Crippen molar-refractivity contribution in [3.05, 3.63) is 33.1 Å². The van der Waals surface area contributed by atoms with Crippen molar-refractivity contribution in [1.29, 1.82) is 0 Å². The minimum Gasteiger partial charge on any atom is -0.480 e. The van der Waals surface area contributed by atoms with E-state index in [2.05, 4.69) is 4.98 Å². The van der Waals surface area contributed by atoms with Gasteiger partial charge < -0.3 is 15.1 Å². The first-order valence-electron chi connectivity index (χ1n) is 5.83. The molecule has 0 aromatic carbocycles. The molecule has 1 amide bonds. The van der Waals surface area contributed by atoms with Crippen molar-refractivity contribution >= 4 is 29.2 Å². The lowest BCUT2D eigenvalue weighted by atomic mass is 10.1. The number of amides is 1. The van der Waals surface area contributed by atoms with Gasteiger partial charge in [-0.25, -0.2) is 9.78 Å². The maximum atomic E-state index is 12.3. The van der Waals surface area contributed by atoms with Crippen molar-refractivity contribution in [2.45, 2.75) is 18.6 Å². The van der Waals surface area contributed by atoms with Crippen LogP contribution in [0.3, 0.4) is 0 Å². The number of hydrogen-bond acceptors (Lipinski definition) is 6. The molecule has 21 heavy (non-hydrogen) atoms. The molecular weight excluding hydrogens is 306 g/mol. The Hall–Kier alpha value is -2.26. The van der Waals surface area contributed by atoms with Gasteiger partial charge in [-0.15, -0.1) is 0 Å². The standard InChI is InChI=1S/C11H10ClN3O6/c12-9-8(15(20)21)6(1-2-13-9)10(17)14-4-5(16)3-7(14)11(18)19/h1-2,5,7,16H,3-4H2,(H,18,19)/t5-,7+/m1/s1. The molecule has 1 aliphatic rings. The van der Waals surface area contributed by atoms with E-state index in [9.17, 15) is 24.8 Å². The minimum atomic E-state index is -1.29. The van der Waals surface area contributed by atoms with E-state index in [0.717, 1.165) is 17.2 Å². The quantitative estimate of drug-likeness (QED) is 0.465. The summed E-state index contributed by atoms with van der Waals surface area (Å²) in [6, 6.07) is -0.144. The molecule has 0 bridgehead atoms. The maximum absolute atomic E-state index is 12.3. The topological polar surface area (TPSA) is 134 Å². The van der Waals surface area contributed by atoms with Crippen molar-refractivity contribution < 1.29 is 24.7 Å². The Labute approximate surface area is 122 Å². The SMILES string of the molecule is O=C(O)[C@@H]1C[C@@H](O)CN1C(=O)c1ccnc(Cl)c1[N+](=O)[O-]. The van der Waals surface area contributed by atoms with Gasteiger partial charge in [-0.2, -0.15) is 0 Å². The van der Waals surface area contributed by atoms with Gasteiger partial charge in [0.1, 0.15) is 11.6 Å². The van der Waals surface area contributed by atoms with Gasteiger partial charge in [0, 0.05) is 19.2 Å². The zero-order chi connectivity index (χ0) is 15.7. The number of rotatable bonds is 3. The number of carboxylic acid groups (broad SMARTS) is 1. The molecule has 2 N–H and O–H groups in total. The largest absolute Gasteiger partial charge is 0.480 e. The number of halogens is 1. The molecule has 2 heterocycles. The fourth-order valence-electron chi connectivity index (χ4n) is 2.20. The number of nitro groups is 1. The number of carbonyl (C=O) groups excluding carboxylic acids is 1. The smallest absolute Gasteiger partial charge is 0.326 e. The summed E-state index contributed by atoms with van der Waals surface area (Å²) >= 11 is 5.61. The summed E-state index contributed by atoms with van der Waals surface area (Å²) in [4.78, 5) is 38.0. The highest BCUT2D eigenvalue weighted by atomic mass is 35.5. The second-order valence-corrected chi connectivity index (χ2v) is 4.81. The number of carbonyl (C=O) groups is 2. The molecule has 1 aromatic rings. The number of likely N-dealkylation sites (tertiary alicyclic amines) is 1. The van der Waals surface area contributed by atoms with Crippen LogP contribution in [-0.2, 0) is 4.79 Å². The lowest BCUT2D eigenvalue weighted by molar-refractivity contribution is -0.385. The van der Waals surface area contributed by atoms with Crippen molar-refractivity contribution in [3.8, 4) is 0 Å². The molecule has 112 valence electrons. The highest BCUT2D eigenvalue weighted by Crippen LogP contribution is 2.29. The van der Waals surface area contributed by atoms with Gasteiger partial charge in [0.2, 0.25) is 5.15 Å². The van der Waals surface area contributed by atoms with Gasteiger partial charge in [0.15, 0.2) is 0 Å². The Balaban J connectivity index is 2.43. The van der Waals surface area contributed by atoms with Crippen LogP contribution >= 0.6 is 11.6 Å². The summed E-state index contributed by atoms with van der Waals surface area (Å²) in [6.07, 6.45) is -0.00941. The van der Waals surface area contributed by atoms with Crippen molar-refractivity contribution in [2.24, 2.45) is 0 Å². The summed E-state index contributed by atoms with van der Waals surface area (Å²) in [7, 11) is 0. The second-order valence-electron chi connectivity index (χ2n) is 4.46. The van der Waals surface area contributed by atoms with Gasteiger partial charge in [-0.05, 0) is 6.07 Å². The summed E-state index contributed by atoms with van der Waals surface area (Å²) in [5.41, 5.74) is -1.05. The van der Waals surface area contributed by atoms with Gasteiger partial charge in [0.25, 0.3) is 5.91 Å². The van der Waals surface area contributed by atoms with Gasteiger partial charge in [-0.3, -0.25) is 14.9 Å². The van der Waals surface area contributed by atoms with Crippen LogP contribution in [0.4, 0.5) is 5.69 Å². The van der Waals surface area contributed by atoms with Crippen LogP contribution in [0, 0.1) is 10.1 Å². The molecule has 0 saturated carbocycles. The number of aliphatic hydroxyl groups excluding tert-OH is 1. The van der Waals surface area contributed by atoms with Crippen molar-refractivity contribution in [2.75, 3.05) is 6.54 Å². The number of aromatic nitrogens is 1. The molecule has 0 unspecified atom stereocenters. The predicted octanol–water partition coefficient (Wildman–Crippen LogP) is 0.303. The molecule has 1 saturated heterocycles. The van der Waals surface area contributed by atoms with E-state index in [4.69, 9.17) is 16.7 Å². The molecule has 2 rings (SSSR count). The highest BCUT2D eigenvalue weighted by Gasteiger charge is 2.41. The number of nitrogens with zero attached hydrogens (tertiary/aromatic N) is 3. The molecular formula is C11H10ClN3O6. The van der Waals surface area contributed by atoms with Crippen LogP contribution in [0.5, 0.6) is 0 Å². The Morgan fingerprint density at radius 3 is 2.76 bits per heavy atom. The van der Waals surface area contributed by atoms with Crippen molar-refractivity contribution in [1.82, 2.24) is 9.88 Å². The molecule has 0 spiro atoms. The summed E-state index contributed by atoms with van der Waals surface area (Å²) in [6.45, 7) is -0.215. The Kier molecular flexibility index (Phi) is 4.05. The summed E-state index contributed by atoms with van der Waals surface area (Å²) in [5.74, 6) is -2.17. The molecule has 1 aliphatic heterocycles. The Bertz CT molecular complexity index is 622. The summed E-state index contributed by atoms with van der Waals surface area (Å²) < 4.78 is 0. The van der Waals surface area contributed by atoms with E-state index >= 15 is 0 Å². The fraction of sp³-hybridized carbons (Fsp3) is 0.364. The highest BCUT2D eigenvalue weighted by molar-refractivity contribution is 6.32.